The summed E-state index contributed by atoms with van der Waals surface area (Å²) < 4.78 is 41.0. The number of carbonyl (C=O) groups is 1. The second-order valence-corrected chi connectivity index (χ2v) is 7.69. The van der Waals surface area contributed by atoms with Gasteiger partial charge < -0.3 is 20.8 Å². The molecule has 0 bridgehead atoms. The Morgan fingerprint density at radius 3 is 2.40 bits per heavy atom. The largest absolute Gasteiger partial charge is 0.488 e. The van der Waals surface area contributed by atoms with Crippen LogP contribution in [0.25, 0.3) is 11.0 Å². The molecular weight excluding hydrogens is 397 g/mol. The smallest absolute Gasteiger partial charge is 0.253 e. The number of hydrogen-bond acceptors (Lipinski definition) is 4. The Balaban J connectivity index is 0.000000183. The number of H-pyrrole nitrogens is 1. The van der Waals surface area contributed by atoms with Crippen LogP contribution in [-0.2, 0) is 4.79 Å². The molecular formula is C21H31F3N4O2. The van der Waals surface area contributed by atoms with Gasteiger partial charge in [-0.05, 0) is 45.1 Å². The fraction of sp³-hybridized carbons (Fsp3) is 0.619. The van der Waals surface area contributed by atoms with Crippen LogP contribution in [0, 0.1) is 5.82 Å². The number of nitrogens with one attached hydrogen (secondary N) is 2. The van der Waals surface area contributed by atoms with Gasteiger partial charge in [-0.25, -0.2) is 18.2 Å². The number of aromatic nitrogens is 2. The maximum absolute atomic E-state index is 13.2. The molecule has 4 N–H and O–H groups in total. The summed E-state index contributed by atoms with van der Waals surface area (Å²) in [5, 5.41) is 2.80. The number of imidazole rings is 1. The lowest BCUT2D eigenvalue weighted by Crippen LogP contribution is -2.29. The van der Waals surface area contributed by atoms with E-state index < -0.39 is 12.5 Å². The fourth-order valence-corrected chi connectivity index (χ4v) is 3.11. The number of nitrogens with zero attached hydrogens (tertiary/aromatic N) is 1. The van der Waals surface area contributed by atoms with Crippen molar-refractivity contribution in [2.24, 2.45) is 5.73 Å². The first-order valence-corrected chi connectivity index (χ1v) is 10.4. The van der Waals surface area contributed by atoms with Crippen molar-refractivity contribution in [3.05, 3.63) is 24.3 Å². The van der Waals surface area contributed by atoms with Crippen molar-refractivity contribution < 1.29 is 22.7 Å². The van der Waals surface area contributed by atoms with Gasteiger partial charge in [-0.1, -0.05) is 19.3 Å². The summed E-state index contributed by atoms with van der Waals surface area (Å²) in [6, 6.07) is 2.33. The number of benzene rings is 1. The lowest BCUT2D eigenvalue weighted by Gasteiger charge is -2.26. The van der Waals surface area contributed by atoms with Crippen molar-refractivity contribution in [3.63, 3.8) is 0 Å². The molecule has 0 radical (unpaired) electrons. The monoisotopic (exact) mass is 428 g/mol. The standard InChI is InChI=1S/C11H11FN2O.C7H13NO.C3H7F2N/c12-7-4-9-11(14-6-13-9)10(5-7)15-8-2-1-3-8;9-6-8-7-4-2-1-3-5-7;1-2(6)3(4)5/h4-6,8H,1-3H2,(H,13,14);6-7H,1-5H2,(H,8,9);2-3H,6H2,1H3. The Morgan fingerprint density at radius 1 is 1.20 bits per heavy atom. The number of ether oxygens (including phenoxy) is 1. The average Bonchev–Trinajstić information content (AvgIpc) is 3.15. The summed E-state index contributed by atoms with van der Waals surface area (Å²) >= 11 is 0. The van der Waals surface area contributed by atoms with Crippen LogP contribution in [0.15, 0.2) is 18.5 Å². The van der Waals surface area contributed by atoms with E-state index in [0.717, 1.165) is 19.3 Å². The molecule has 2 fully saturated rings. The molecule has 2 aromatic rings. The molecule has 1 atom stereocenters. The highest BCUT2D eigenvalue weighted by Gasteiger charge is 2.21. The van der Waals surface area contributed by atoms with Gasteiger partial charge in [-0.2, -0.15) is 0 Å². The number of hydrogen-bond donors (Lipinski definition) is 3. The van der Waals surface area contributed by atoms with Crippen LogP contribution in [0.3, 0.4) is 0 Å². The zero-order valence-corrected chi connectivity index (χ0v) is 17.3. The summed E-state index contributed by atoms with van der Waals surface area (Å²) in [5.41, 5.74) is 6.08. The lowest BCUT2D eigenvalue weighted by molar-refractivity contribution is -0.110. The molecule has 2 aliphatic carbocycles. The van der Waals surface area contributed by atoms with E-state index in [-0.39, 0.29) is 11.9 Å². The van der Waals surface area contributed by atoms with Gasteiger partial charge in [-0.3, -0.25) is 4.79 Å². The van der Waals surface area contributed by atoms with E-state index in [4.69, 9.17) is 4.74 Å². The van der Waals surface area contributed by atoms with E-state index in [1.165, 1.54) is 57.6 Å². The minimum Gasteiger partial charge on any atom is -0.488 e. The molecule has 0 aliphatic heterocycles. The molecule has 1 aromatic carbocycles. The molecule has 2 saturated carbocycles. The molecule has 0 spiro atoms. The van der Waals surface area contributed by atoms with Crippen LogP contribution in [0.5, 0.6) is 5.75 Å². The van der Waals surface area contributed by atoms with E-state index in [1.807, 2.05) is 0 Å². The van der Waals surface area contributed by atoms with Crippen LogP contribution in [0.1, 0.15) is 58.3 Å². The van der Waals surface area contributed by atoms with Crippen molar-refractivity contribution in [3.8, 4) is 5.75 Å². The molecule has 4 rings (SSSR count). The molecule has 1 aromatic heterocycles. The van der Waals surface area contributed by atoms with Gasteiger partial charge in [0.15, 0.2) is 0 Å². The van der Waals surface area contributed by atoms with Crippen molar-refractivity contribution in [2.45, 2.75) is 82.9 Å². The van der Waals surface area contributed by atoms with Crippen molar-refractivity contribution in [1.29, 1.82) is 0 Å². The van der Waals surface area contributed by atoms with E-state index in [9.17, 15) is 18.0 Å². The maximum Gasteiger partial charge on any atom is 0.253 e. The summed E-state index contributed by atoms with van der Waals surface area (Å²) in [6.07, 6.45) is 9.82. The first kappa shape index (κ1) is 24.0. The molecule has 1 heterocycles. The highest BCUT2D eigenvalue weighted by molar-refractivity contribution is 5.81. The minimum absolute atomic E-state index is 0.242. The first-order valence-electron chi connectivity index (χ1n) is 10.4. The third-order valence-corrected chi connectivity index (χ3v) is 5.11. The topological polar surface area (TPSA) is 93.0 Å². The third kappa shape index (κ3) is 7.85. The van der Waals surface area contributed by atoms with Crippen molar-refractivity contribution in [1.82, 2.24) is 15.3 Å². The number of carbonyl (C=O) groups excluding carboxylic acids is 1. The van der Waals surface area contributed by atoms with Crippen LogP contribution in [0.2, 0.25) is 0 Å². The molecule has 1 unspecified atom stereocenters. The predicted molar refractivity (Wildman–Crippen MR) is 110 cm³/mol. The summed E-state index contributed by atoms with van der Waals surface area (Å²) in [7, 11) is 0. The number of nitrogens with two attached hydrogens (primary N) is 1. The molecule has 168 valence electrons. The zero-order valence-electron chi connectivity index (χ0n) is 17.3. The molecule has 0 saturated heterocycles. The van der Waals surface area contributed by atoms with E-state index in [2.05, 4.69) is 21.0 Å². The SMILES string of the molecule is CC(N)C(F)F.Fc1cc(OC2CCC2)c2nc[nH]c2c1.O=CNC1CCCCC1. The molecule has 9 heteroatoms. The second-order valence-electron chi connectivity index (χ2n) is 7.69. The Hall–Kier alpha value is -2.29. The first-order chi connectivity index (χ1) is 14.4. The third-order valence-electron chi connectivity index (χ3n) is 5.11. The van der Waals surface area contributed by atoms with Gasteiger partial charge in [-0.15, -0.1) is 0 Å². The van der Waals surface area contributed by atoms with Gasteiger partial charge in [0.05, 0.1) is 24.0 Å². The number of amides is 1. The maximum atomic E-state index is 13.2. The van der Waals surface area contributed by atoms with Gasteiger partial charge in [0.1, 0.15) is 17.1 Å². The quantitative estimate of drug-likeness (QED) is 0.619. The van der Waals surface area contributed by atoms with Crippen LogP contribution in [0.4, 0.5) is 13.2 Å². The van der Waals surface area contributed by atoms with Gasteiger partial charge in [0.25, 0.3) is 6.43 Å². The van der Waals surface area contributed by atoms with Gasteiger partial charge in [0, 0.05) is 12.1 Å². The van der Waals surface area contributed by atoms with Crippen molar-refractivity contribution >= 4 is 17.4 Å². The number of halogens is 3. The van der Waals surface area contributed by atoms with E-state index >= 15 is 0 Å². The Kier molecular flexibility index (Phi) is 9.93. The molecule has 6 nitrogen and oxygen atoms in total. The number of rotatable bonds is 5. The van der Waals surface area contributed by atoms with E-state index in [1.54, 1.807) is 6.33 Å². The summed E-state index contributed by atoms with van der Waals surface area (Å²) in [5.74, 6) is 0.261. The van der Waals surface area contributed by atoms with E-state index in [0.29, 0.717) is 22.8 Å². The van der Waals surface area contributed by atoms with Crippen molar-refractivity contribution in [2.75, 3.05) is 0 Å². The molecule has 30 heavy (non-hydrogen) atoms. The Labute approximate surface area is 174 Å². The zero-order chi connectivity index (χ0) is 21.9. The highest BCUT2D eigenvalue weighted by atomic mass is 19.3. The van der Waals surface area contributed by atoms with Crippen LogP contribution >= 0.6 is 0 Å². The highest BCUT2D eigenvalue weighted by Crippen LogP contribution is 2.30. The minimum atomic E-state index is -2.37. The van der Waals surface area contributed by atoms with Crippen LogP contribution < -0.4 is 15.8 Å². The molecule has 1 amide bonds. The summed E-state index contributed by atoms with van der Waals surface area (Å²) in [4.78, 5) is 17.0. The Morgan fingerprint density at radius 2 is 1.87 bits per heavy atom. The number of alkyl halides is 2. The second kappa shape index (κ2) is 12.4. The summed E-state index contributed by atoms with van der Waals surface area (Å²) in [6.45, 7) is 1.27. The normalized spacial score (nSPS) is 17.8. The van der Waals surface area contributed by atoms with Gasteiger partial charge >= 0.3 is 0 Å². The number of fused-ring (bicyclic) bond motifs is 1. The predicted octanol–water partition coefficient (Wildman–Crippen LogP) is 4.30. The average molecular weight is 428 g/mol. The Bertz CT molecular complexity index is 754. The van der Waals surface area contributed by atoms with Gasteiger partial charge in [0.2, 0.25) is 6.41 Å². The lowest BCUT2D eigenvalue weighted by atomic mass is 9.96. The molecule has 2 aliphatic rings. The van der Waals surface area contributed by atoms with Crippen LogP contribution in [-0.4, -0.2) is 41.0 Å². The fourth-order valence-electron chi connectivity index (χ4n) is 3.11. The number of aromatic amines is 1.